The van der Waals surface area contributed by atoms with Crippen LogP contribution in [0.3, 0.4) is 0 Å². The van der Waals surface area contributed by atoms with Crippen molar-refractivity contribution in [1.82, 2.24) is 15.4 Å². The van der Waals surface area contributed by atoms with Crippen molar-refractivity contribution in [2.24, 2.45) is 5.92 Å². The first-order chi connectivity index (χ1) is 14.2. The largest absolute Gasteiger partial charge is 0.360 e. The molecule has 10 heteroatoms. The minimum absolute atomic E-state index is 0.0247. The molecule has 0 bridgehead atoms. The van der Waals surface area contributed by atoms with Gasteiger partial charge in [-0.25, -0.2) is 0 Å². The second kappa shape index (κ2) is 8.62. The van der Waals surface area contributed by atoms with E-state index in [9.17, 15) is 14.9 Å². The summed E-state index contributed by atoms with van der Waals surface area (Å²) in [5, 5.41) is 21.3. The lowest BCUT2D eigenvalue weighted by molar-refractivity contribution is -0.384. The highest BCUT2D eigenvalue weighted by molar-refractivity contribution is 7.80. The lowest BCUT2D eigenvalue weighted by Gasteiger charge is -2.38. The van der Waals surface area contributed by atoms with Crippen molar-refractivity contribution < 1.29 is 14.2 Å². The molecule has 3 rings (SSSR count). The number of rotatable bonds is 6. The predicted octanol–water partition coefficient (Wildman–Crippen LogP) is 3.69. The summed E-state index contributed by atoms with van der Waals surface area (Å²) in [7, 11) is 0. The van der Waals surface area contributed by atoms with Crippen LogP contribution in [-0.2, 0) is 4.79 Å². The lowest BCUT2D eigenvalue weighted by atomic mass is 9.93. The summed E-state index contributed by atoms with van der Waals surface area (Å²) in [6.07, 6.45) is 0. The van der Waals surface area contributed by atoms with E-state index in [4.69, 9.17) is 16.7 Å². The van der Waals surface area contributed by atoms with Gasteiger partial charge in [-0.3, -0.25) is 14.9 Å². The normalized spacial score (nSPS) is 16.6. The zero-order chi connectivity index (χ0) is 22.0. The molecule has 1 aliphatic heterocycles. The summed E-state index contributed by atoms with van der Waals surface area (Å²) in [5.41, 5.74) is 1.84. The monoisotopic (exact) mass is 429 g/mol. The number of nitro groups is 1. The Bertz CT molecular complexity index is 1010. The molecular formula is C20H23N5O4S. The summed E-state index contributed by atoms with van der Waals surface area (Å²) in [5.74, 6) is 0.849. The first-order valence-corrected chi connectivity index (χ1v) is 9.86. The van der Waals surface area contributed by atoms with Gasteiger partial charge in [-0.2, -0.15) is 0 Å². The third-order valence-corrected chi connectivity index (χ3v) is 5.03. The fourth-order valence-electron chi connectivity index (χ4n) is 3.31. The topological polar surface area (TPSA) is 114 Å². The summed E-state index contributed by atoms with van der Waals surface area (Å²) in [6, 6.07) is 7.13. The molecule has 2 N–H and O–H groups in total. The Morgan fingerprint density at radius 2 is 2.03 bits per heavy atom. The second-order valence-corrected chi connectivity index (χ2v) is 7.90. The maximum atomic E-state index is 13.2. The predicted molar refractivity (Wildman–Crippen MR) is 116 cm³/mol. The third kappa shape index (κ3) is 4.48. The third-order valence-electron chi connectivity index (χ3n) is 4.70. The van der Waals surface area contributed by atoms with Crippen molar-refractivity contribution in [3.05, 3.63) is 63.0 Å². The fourth-order valence-corrected chi connectivity index (χ4v) is 3.64. The molecule has 0 fully saturated rings. The summed E-state index contributed by atoms with van der Waals surface area (Å²) < 4.78 is 5.03. The number of nitrogens with one attached hydrogen (secondary N) is 2. The van der Waals surface area contributed by atoms with Crippen molar-refractivity contribution in [3.8, 4) is 0 Å². The highest BCUT2D eigenvalue weighted by Gasteiger charge is 2.34. The smallest absolute Gasteiger partial charge is 0.269 e. The summed E-state index contributed by atoms with van der Waals surface area (Å²) in [6.45, 7) is 8.35. The van der Waals surface area contributed by atoms with Gasteiger partial charge in [-0.15, -0.1) is 0 Å². The van der Waals surface area contributed by atoms with Crippen LogP contribution in [0.15, 0.2) is 46.1 Å². The van der Waals surface area contributed by atoms with Crippen LogP contribution in [0.5, 0.6) is 0 Å². The average Bonchev–Trinajstić information content (AvgIpc) is 3.09. The molecule has 0 saturated carbocycles. The van der Waals surface area contributed by atoms with Crippen LogP contribution in [0.25, 0.3) is 0 Å². The molecule has 30 heavy (non-hydrogen) atoms. The molecular weight excluding hydrogens is 406 g/mol. The molecule has 1 atom stereocenters. The van der Waals surface area contributed by atoms with Gasteiger partial charge in [0, 0.05) is 30.4 Å². The number of thiocarbonyl (C=S) groups is 1. The number of carbonyl (C=O) groups is 1. The molecule has 158 valence electrons. The quantitative estimate of drug-likeness (QED) is 0.406. The standard InChI is InChI=1S/C20H23N5O4S/c1-11(2)10-24-13(4)17(19(26)21-16-9-12(3)29-23-16)18(22-20(24)30)14-5-7-15(8-6-14)25(27)28/h5-9,11,18H,10H2,1-4H3,(H,22,30)(H,21,23,26). The van der Waals surface area contributed by atoms with Gasteiger partial charge in [0.25, 0.3) is 11.6 Å². The van der Waals surface area contributed by atoms with E-state index in [0.29, 0.717) is 46.0 Å². The van der Waals surface area contributed by atoms with E-state index in [1.165, 1.54) is 12.1 Å². The highest BCUT2D eigenvalue weighted by atomic mass is 32.1. The van der Waals surface area contributed by atoms with E-state index in [-0.39, 0.29) is 11.6 Å². The molecule has 1 aromatic carbocycles. The van der Waals surface area contributed by atoms with Crippen LogP contribution >= 0.6 is 12.2 Å². The summed E-state index contributed by atoms with van der Waals surface area (Å²) in [4.78, 5) is 25.6. The number of nitrogens with zero attached hydrogens (tertiary/aromatic N) is 3. The first-order valence-electron chi connectivity index (χ1n) is 9.45. The number of carbonyl (C=O) groups excluding carboxylic acids is 1. The molecule has 0 aliphatic carbocycles. The van der Waals surface area contributed by atoms with Gasteiger partial charge in [-0.1, -0.05) is 19.0 Å². The number of hydrogen-bond donors (Lipinski definition) is 2. The zero-order valence-corrected chi connectivity index (χ0v) is 17.9. The summed E-state index contributed by atoms with van der Waals surface area (Å²) >= 11 is 5.55. The molecule has 1 aromatic heterocycles. The van der Waals surface area contributed by atoms with Gasteiger partial charge in [-0.05, 0) is 49.7 Å². The number of amides is 1. The van der Waals surface area contributed by atoms with Crippen LogP contribution in [0.2, 0.25) is 0 Å². The van der Waals surface area contributed by atoms with Crippen molar-refractivity contribution in [3.63, 3.8) is 0 Å². The molecule has 0 saturated heterocycles. The maximum absolute atomic E-state index is 13.2. The highest BCUT2D eigenvalue weighted by Crippen LogP contribution is 2.32. The number of nitro benzene ring substituents is 1. The SMILES string of the molecule is CC1=C(C(=O)Nc2cc(C)on2)C(c2ccc([N+](=O)[O-])cc2)NC(=S)N1CC(C)C. The minimum Gasteiger partial charge on any atom is -0.360 e. The van der Waals surface area contributed by atoms with Crippen LogP contribution in [-0.4, -0.2) is 32.5 Å². The van der Waals surface area contributed by atoms with Crippen molar-refractivity contribution in [2.75, 3.05) is 11.9 Å². The number of anilines is 1. The Labute approximate surface area is 179 Å². The van der Waals surface area contributed by atoms with Gasteiger partial charge in [0.2, 0.25) is 0 Å². The van der Waals surface area contributed by atoms with Crippen LogP contribution in [0.1, 0.15) is 38.1 Å². The van der Waals surface area contributed by atoms with E-state index < -0.39 is 11.0 Å². The number of hydrogen-bond acceptors (Lipinski definition) is 6. The van der Waals surface area contributed by atoms with Gasteiger partial charge in [0.05, 0.1) is 16.5 Å². The number of benzene rings is 1. The lowest BCUT2D eigenvalue weighted by Crippen LogP contribution is -2.49. The minimum atomic E-state index is -0.560. The van der Waals surface area contributed by atoms with Gasteiger partial charge < -0.3 is 20.1 Å². The Balaban J connectivity index is 2.02. The van der Waals surface area contributed by atoms with E-state index in [2.05, 4.69) is 29.6 Å². The van der Waals surface area contributed by atoms with Crippen LogP contribution in [0, 0.1) is 23.0 Å². The van der Waals surface area contributed by atoms with Gasteiger partial charge >= 0.3 is 0 Å². The Morgan fingerprint density at radius 1 is 1.37 bits per heavy atom. The molecule has 9 nitrogen and oxygen atoms in total. The Kier molecular flexibility index (Phi) is 6.16. The van der Waals surface area contributed by atoms with E-state index in [1.54, 1.807) is 25.1 Å². The first kappa shape index (κ1) is 21.4. The Hall–Kier alpha value is -3.27. The van der Waals surface area contributed by atoms with E-state index in [0.717, 1.165) is 0 Å². The fraction of sp³-hybridized carbons (Fsp3) is 0.350. The number of non-ortho nitro benzene ring substituents is 1. The second-order valence-electron chi connectivity index (χ2n) is 7.51. The van der Waals surface area contributed by atoms with Crippen molar-refractivity contribution in [2.45, 2.75) is 33.7 Å². The molecule has 2 aromatic rings. The van der Waals surface area contributed by atoms with Crippen molar-refractivity contribution in [1.29, 1.82) is 0 Å². The van der Waals surface area contributed by atoms with Gasteiger partial charge in [0.1, 0.15) is 5.76 Å². The van der Waals surface area contributed by atoms with Gasteiger partial charge in [0.15, 0.2) is 10.9 Å². The zero-order valence-electron chi connectivity index (χ0n) is 17.1. The molecule has 0 spiro atoms. The average molecular weight is 430 g/mol. The van der Waals surface area contributed by atoms with E-state index >= 15 is 0 Å². The molecule has 0 radical (unpaired) electrons. The molecule has 1 amide bonds. The van der Waals surface area contributed by atoms with Crippen molar-refractivity contribution >= 4 is 34.7 Å². The molecule has 2 heterocycles. The number of aryl methyl sites for hydroxylation is 1. The van der Waals surface area contributed by atoms with Crippen LogP contribution < -0.4 is 10.6 Å². The molecule has 1 unspecified atom stereocenters. The van der Waals surface area contributed by atoms with Crippen LogP contribution in [0.4, 0.5) is 11.5 Å². The Morgan fingerprint density at radius 3 is 2.57 bits per heavy atom. The maximum Gasteiger partial charge on any atom is 0.269 e. The number of allylic oxidation sites excluding steroid dienone is 1. The number of aromatic nitrogens is 1. The van der Waals surface area contributed by atoms with E-state index in [1.807, 2.05) is 11.8 Å². The molecule has 1 aliphatic rings.